The first-order valence-corrected chi connectivity index (χ1v) is 17.0. The van der Waals surface area contributed by atoms with Crippen molar-refractivity contribution < 1.29 is 28.2 Å². The fraction of sp³-hybridized carbons (Fsp3) is 0.656. The predicted octanol–water partition coefficient (Wildman–Crippen LogP) is 7.22. The lowest BCUT2D eigenvalue weighted by Crippen LogP contribution is -2.46. The molecule has 0 aliphatic carbocycles. The average Bonchev–Trinajstić information content (AvgIpc) is 2.91. The molecule has 7 heteroatoms. The molecule has 0 bridgehead atoms. The maximum Gasteiger partial charge on any atom is 0.208 e. The van der Waals surface area contributed by atoms with Crippen molar-refractivity contribution in [3.8, 4) is 17.6 Å². The van der Waals surface area contributed by atoms with E-state index in [1.54, 1.807) is 7.11 Å². The second-order valence-corrected chi connectivity index (χ2v) is 15.6. The van der Waals surface area contributed by atoms with Gasteiger partial charge in [0.25, 0.3) is 0 Å². The summed E-state index contributed by atoms with van der Waals surface area (Å²) in [6.45, 7) is 17.6. The number of hydrogen-bond donors (Lipinski definition) is 0. The third kappa shape index (κ3) is 11.6. The Balaban J connectivity index is 1.92. The summed E-state index contributed by atoms with van der Waals surface area (Å²) in [4.78, 5) is 12.8. The van der Waals surface area contributed by atoms with Crippen molar-refractivity contribution in [1.29, 1.82) is 0 Å². The summed E-state index contributed by atoms with van der Waals surface area (Å²) in [6.07, 6.45) is 2.65. The third-order valence-corrected chi connectivity index (χ3v) is 12.2. The lowest BCUT2D eigenvalue weighted by atomic mass is 10.0. The van der Waals surface area contributed by atoms with Crippen molar-refractivity contribution in [3.63, 3.8) is 0 Å². The van der Waals surface area contributed by atoms with Crippen LogP contribution in [0.1, 0.15) is 79.2 Å². The Bertz CT molecular complexity index is 949. The SMILES string of the molecule is C=C(CC)C[C@H](CC#CC(=O)C[C@@H]1C[C@H](COCc2ccc(OC)cc2)OC(C)(C)O1)O[Si](CC)(CC)CC. The average molecular weight is 559 g/mol. The van der Waals surface area contributed by atoms with Gasteiger partial charge in [-0.3, -0.25) is 4.79 Å². The minimum absolute atomic E-state index is 0.00485. The predicted molar refractivity (Wildman–Crippen MR) is 159 cm³/mol. The molecule has 39 heavy (non-hydrogen) atoms. The molecule has 3 atom stereocenters. The smallest absolute Gasteiger partial charge is 0.208 e. The Morgan fingerprint density at radius 2 is 1.74 bits per heavy atom. The highest BCUT2D eigenvalue weighted by molar-refractivity contribution is 6.73. The van der Waals surface area contributed by atoms with Crippen molar-refractivity contribution in [2.75, 3.05) is 13.7 Å². The Hall–Kier alpha value is -1.95. The van der Waals surface area contributed by atoms with Gasteiger partial charge in [0, 0.05) is 19.3 Å². The largest absolute Gasteiger partial charge is 0.497 e. The highest BCUT2D eigenvalue weighted by Gasteiger charge is 2.36. The van der Waals surface area contributed by atoms with Crippen molar-refractivity contribution >= 4 is 14.1 Å². The Morgan fingerprint density at radius 1 is 1.10 bits per heavy atom. The van der Waals surface area contributed by atoms with E-state index in [1.165, 1.54) is 0 Å². The number of carbonyl (C=O) groups is 1. The Kier molecular flexibility index (Phi) is 13.9. The molecule has 0 aromatic heterocycles. The molecule has 1 aliphatic heterocycles. The van der Waals surface area contributed by atoms with Gasteiger partial charge in [-0.25, -0.2) is 0 Å². The molecule has 1 aromatic rings. The summed E-state index contributed by atoms with van der Waals surface area (Å²) in [5, 5.41) is 0. The zero-order chi connectivity index (χ0) is 28.9. The van der Waals surface area contributed by atoms with E-state index in [0.29, 0.717) is 26.1 Å². The summed E-state index contributed by atoms with van der Waals surface area (Å²) in [6, 6.07) is 11.1. The van der Waals surface area contributed by atoms with Crippen LogP contribution in [0.5, 0.6) is 5.75 Å². The quantitative estimate of drug-likeness (QED) is 0.0924. The van der Waals surface area contributed by atoms with E-state index in [4.69, 9.17) is 23.4 Å². The molecular formula is C32H50O6Si. The van der Waals surface area contributed by atoms with Crippen molar-refractivity contribution in [2.24, 2.45) is 0 Å². The van der Waals surface area contributed by atoms with Gasteiger partial charge in [-0.2, -0.15) is 0 Å². The van der Waals surface area contributed by atoms with E-state index in [1.807, 2.05) is 38.1 Å². The van der Waals surface area contributed by atoms with Crippen LogP contribution in [0.15, 0.2) is 36.4 Å². The standard InChI is InChI=1S/C32H50O6Si/c1-9-25(5)20-29(38-39(10-2,11-3)12-4)15-13-14-27(33)21-30-22-31(37-32(6,7)36-30)24-35-23-26-16-18-28(34-8)19-17-26/h16-19,29-31H,5,9-12,15,20-24H2,1-4,6-8H3/t29-,30+,31+/m0/s1. The molecule has 0 spiro atoms. The van der Waals surface area contributed by atoms with Gasteiger partial charge in [0.1, 0.15) is 5.75 Å². The maximum absolute atomic E-state index is 12.8. The lowest BCUT2D eigenvalue weighted by molar-refractivity contribution is -0.305. The maximum atomic E-state index is 12.8. The van der Waals surface area contributed by atoms with Crippen LogP contribution in [-0.2, 0) is 30.0 Å². The number of rotatable bonds is 16. The monoisotopic (exact) mass is 558 g/mol. The molecule has 0 amide bonds. The number of methoxy groups -OCH3 is 1. The van der Waals surface area contributed by atoms with E-state index in [-0.39, 0.29) is 30.5 Å². The van der Waals surface area contributed by atoms with Crippen LogP contribution in [0, 0.1) is 11.8 Å². The first-order chi connectivity index (χ1) is 18.6. The van der Waals surface area contributed by atoms with Gasteiger partial charge in [-0.15, -0.1) is 0 Å². The fourth-order valence-electron chi connectivity index (χ4n) is 4.97. The van der Waals surface area contributed by atoms with E-state index < -0.39 is 14.1 Å². The fourth-order valence-corrected chi connectivity index (χ4v) is 7.85. The Labute approximate surface area is 237 Å². The lowest BCUT2D eigenvalue weighted by Gasteiger charge is -2.40. The molecule has 218 valence electrons. The molecular weight excluding hydrogens is 508 g/mol. The van der Waals surface area contributed by atoms with Gasteiger partial charge >= 0.3 is 0 Å². The first-order valence-electron chi connectivity index (χ1n) is 14.5. The number of benzene rings is 1. The molecule has 1 saturated heterocycles. The molecule has 1 fully saturated rings. The minimum atomic E-state index is -1.78. The molecule has 0 N–H and O–H groups in total. The molecule has 1 aromatic carbocycles. The van der Waals surface area contributed by atoms with E-state index in [9.17, 15) is 4.79 Å². The summed E-state index contributed by atoms with van der Waals surface area (Å²) in [7, 11) is -0.129. The van der Waals surface area contributed by atoms with Crippen LogP contribution in [-0.4, -0.2) is 51.9 Å². The summed E-state index contributed by atoms with van der Waals surface area (Å²) in [5.41, 5.74) is 2.23. The van der Waals surface area contributed by atoms with Crippen LogP contribution < -0.4 is 4.74 Å². The van der Waals surface area contributed by atoms with Crippen LogP contribution in [0.4, 0.5) is 0 Å². The van der Waals surface area contributed by atoms with E-state index >= 15 is 0 Å². The molecule has 2 rings (SSSR count). The highest BCUT2D eigenvalue weighted by atomic mass is 28.4. The van der Waals surface area contributed by atoms with Crippen molar-refractivity contribution in [3.05, 3.63) is 42.0 Å². The van der Waals surface area contributed by atoms with Gasteiger partial charge < -0.3 is 23.4 Å². The third-order valence-electron chi connectivity index (χ3n) is 7.49. The van der Waals surface area contributed by atoms with Gasteiger partial charge in [0.05, 0.1) is 38.6 Å². The molecule has 0 radical (unpaired) electrons. The zero-order valence-electron chi connectivity index (χ0n) is 25.3. The van der Waals surface area contributed by atoms with Gasteiger partial charge in [0.15, 0.2) is 14.1 Å². The molecule has 1 aliphatic rings. The van der Waals surface area contributed by atoms with Gasteiger partial charge in [-0.1, -0.05) is 57.9 Å². The number of ketones is 1. The number of carbonyl (C=O) groups excluding carboxylic acids is 1. The second-order valence-electron chi connectivity index (χ2n) is 10.9. The molecule has 0 unspecified atom stereocenters. The first kappa shape index (κ1) is 33.3. The van der Waals surface area contributed by atoms with Crippen molar-refractivity contribution in [1.82, 2.24) is 0 Å². The van der Waals surface area contributed by atoms with Crippen LogP contribution in [0.3, 0.4) is 0 Å². The van der Waals surface area contributed by atoms with Gasteiger partial charge in [-0.05, 0) is 68.4 Å². The Morgan fingerprint density at radius 3 is 2.33 bits per heavy atom. The number of Topliss-reactive ketones (excluding diaryl/α,β-unsaturated/α-hetero) is 1. The topological polar surface area (TPSA) is 63.2 Å². The number of ether oxygens (including phenoxy) is 4. The summed E-state index contributed by atoms with van der Waals surface area (Å²) in [5.74, 6) is 5.90. The van der Waals surface area contributed by atoms with Crippen LogP contribution in [0.25, 0.3) is 0 Å². The van der Waals surface area contributed by atoms with Gasteiger partial charge in [0.2, 0.25) is 5.78 Å². The molecule has 6 nitrogen and oxygen atoms in total. The summed E-state index contributed by atoms with van der Waals surface area (Å²) >= 11 is 0. The molecule has 0 saturated carbocycles. The zero-order valence-corrected chi connectivity index (χ0v) is 26.3. The normalized spacial score (nSPS) is 19.6. The molecule has 1 heterocycles. The van der Waals surface area contributed by atoms with Crippen LogP contribution in [0.2, 0.25) is 18.1 Å². The second kappa shape index (κ2) is 16.3. The minimum Gasteiger partial charge on any atom is -0.497 e. The van der Waals surface area contributed by atoms with Crippen LogP contribution >= 0.6 is 0 Å². The summed E-state index contributed by atoms with van der Waals surface area (Å²) < 4.78 is 30.0. The van der Waals surface area contributed by atoms with E-state index in [2.05, 4.69) is 46.1 Å². The number of hydrogen-bond acceptors (Lipinski definition) is 6. The van der Waals surface area contributed by atoms with Crippen molar-refractivity contribution in [2.45, 2.75) is 122 Å². The highest BCUT2D eigenvalue weighted by Crippen LogP contribution is 2.29. The van der Waals surface area contributed by atoms with E-state index in [0.717, 1.165) is 47.9 Å².